The fourth-order valence-electron chi connectivity index (χ4n) is 3.80. The maximum Gasteiger partial charge on any atom is 0.254 e. The van der Waals surface area contributed by atoms with E-state index in [1.807, 2.05) is 36.1 Å². The number of carbonyl (C=O) groups is 1. The highest BCUT2D eigenvalue weighted by molar-refractivity contribution is 7.89. The first-order valence-corrected chi connectivity index (χ1v) is 12.1. The Labute approximate surface area is 182 Å². The second-order valence-electron chi connectivity index (χ2n) is 7.70. The molecule has 1 saturated carbocycles. The van der Waals surface area contributed by atoms with Gasteiger partial charge in [0.15, 0.2) is 0 Å². The van der Waals surface area contributed by atoms with Gasteiger partial charge in [-0.05, 0) is 68.5 Å². The van der Waals surface area contributed by atoms with Crippen LogP contribution in [0.3, 0.4) is 0 Å². The number of rotatable bonds is 7. The summed E-state index contributed by atoms with van der Waals surface area (Å²) in [6, 6.07) is 12.2. The maximum atomic E-state index is 13.3. The van der Waals surface area contributed by atoms with Crippen LogP contribution in [0.25, 0.3) is 0 Å². The number of benzene rings is 2. The molecule has 0 bridgehead atoms. The van der Waals surface area contributed by atoms with Crippen molar-refractivity contribution in [1.82, 2.24) is 9.62 Å². The van der Waals surface area contributed by atoms with E-state index >= 15 is 0 Å². The van der Waals surface area contributed by atoms with Crippen molar-refractivity contribution in [3.63, 3.8) is 0 Å². The summed E-state index contributed by atoms with van der Waals surface area (Å²) in [5, 5.41) is 0.115. The SMILES string of the molecule is CCOc1ccc([C@H]2CCCN2C(=O)c2ccc(Cl)c(S(=O)(=O)NC3CC3)c2)cc1. The fourth-order valence-corrected chi connectivity index (χ4v) is 5.63. The molecule has 2 aromatic rings. The third-order valence-corrected chi connectivity index (χ3v) is 7.46. The second kappa shape index (κ2) is 8.57. The van der Waals surface area contributed by atoms with Crippen molar-refractivity contribution in [2.45, 2.75) is 49.6 Å². The molecule has 1 amide bonds. The van der Waals surface area contributed by atoms with Crippen LogP contribution in [-0.4, -0.2) is 38.4 Å². The molecular formula is C22H25ClN2O4S. The molecule has 160 valence electrons. The zero-order valence-electron chi connectivity index (χ0n) is 16.8. The van der Waals surface area contributed by atoms with E-state index in [2.05, 4.69) is 4.72 Å². The van der Waals surface area contributed by atoms with Gasteiger partial charge in [0.05, 0.1) is 17.7 Å². The average Bonchev–Trinajstić information content (AvgIpc) is 3.39. The lowest BCUT2D eigenvalue weighted by atomic mass is 10.0. The lowest BCUT2D eigenvalue weighted by Gasteiger charge is -2.25. The van der Waals surface area contributed by atoms with Gasteiger partial charge in [0.1, 0.15) is 10.6 Å². The highest BCUT2D eigenvalue weighted by atomic mass is 35.5. The molecule has 2 aromatic carbocycles. The summed E-state index contributed by atoms with van der Waals surface area (Å²) in [7, 11) is -3.75. The number of ether oxygens (including phenoxy) is 1. The fraction of sp³-hybridized carbons (Fsp3) is 0.409. The zero-order chi connectivity index (χ0) is 21.3. The molecule has 1 aliphatic carbocycles. The van der Waals surface area contributed by atoms with Crippen LogP contribution in [0.4, 0.5) is 0 Å². The Morgan fingerprint density at radius 2 is 1.90 bits per heavy atom. The van der Waals surface area contributed by atoms with E-state index in [1.165, 1.54) is 12.1 Å². The highest BCUT2D eigenvalue weighted by Crippen LogP contribution is 2.35. The van der Waals surface area contributed by atoms with Gasteiger partial charge in [-0.1, -0.05) is 23.7 Å². The van der Waals surface area contributed by atoms with E-state index < -0.39 is 10.0 Å². The Morgan fingerprint density at radius 1 is 1.17 bits per heavy atom. The van der Waals surface area contributed by atoms with Gasteiger partial charge in [0.25, 0.3) is 5.91 Å². The van der Waals surface area contributed by atoms with Crippen LogP contribution >= 0.6 is 11.6 Å². The van der Waals surface area contributed by atoms with Crippen LogP contribution in [-0.2, 0) is 10.0 Å². The summed E-state index contributed by atoms with van der Waals surface area (Å²) in [5.41, 5.74) is 1.37. The summed E-state index contributed by atoms with van der Waals surface area (Å²) in [4.78, 5) is 15.0. The topological polar surface area (TPSA) is 75.7 Å². The number of nitrogens with one attached hydrogen (secondary N) is 1. The molecule has 2 fully saturated rings. The third-order valence-electron chi connectivity index (χ3n) is 5.46. The standard InChI is InChI=1S/C22H25ClN2O4S/c1-2-29-18-10-5-15(6-11-18)20-4-3-13-25(20)22(26)16-7-12-19(23)21(14-16)30(27,28)24-17-8-9-17/h5-7,10-12,14,17,20,24H,2-4,8-9,13H2,1H3/t20-/m1/s1. The zero-order valence-corrected chi connectivity index (χ0v) is 18.4. The van der Waals surface area contributed by atoms with Crippen LogP contribution in [0, 0.1) is 0 Å². The third kappa shape index (κ3) is 4.48. The number of carbonyl (C=O) groups excluding carboxylic acids is 1. The van der Waals surface area contributed by atoms with Gasteiger partial charge in [-0.25, -0.2) is 13.1 Å². The molecule has 0 aromatic heterocycles. The summed E-state index contributed by atoms with van der Waals surface area (Å²) < 4.78 is 33.4. The lowest BCUT2D eigenvalue weighted by Crippen LogP contribution is -2.31. The molecule has 8 heteroatoms. The summed E-state index contributed by atoms with van der Waals surface area (Å²) in [5.74, 6) is 0.610. The van der Waals surface area contributed by atoms with E-state index in [1.54, 1.807) is 6.07 Å². The Hall–Kier alpha value is -2.09. The number of hydrogen-bond donors (Lipinski definition) is 1. The first-order valence-electron chi connectivity index (χ1n) is 10.2. The largest absolute Gasteiger partial charge is 0.494 e. The van der Waals surface area contributed by atoms with Gasteiger partial charge in [0.2, 0.25) is 10.0 Å². The van der Waals surface area contributed by atoms with E-state index in [-0.39, 0.29) is 27.9 Å². The van der Waals surface area contributed by atoms with Crippen molar-refractivity contribution < 1.29 is 17.9 Å². The monoisotopic (exact) mass is 448 g/mol. The predicted molar refractivity (Wildman–Crippen MR) is 115 cm³/mol. The Morgan fingerprint density at radius 3 is 2.57 bits per heavy atom. The van der Waals surface area contributed by atoms with Crippen molar-refractivity contribution in [2.75, 3.05) is 13.2 Å². The minimum atomic E-state index is -3.75. The number of halogens is 1. The number of sulfonamides is 1. The Kier molecular flexibility index (Phi) is 6.04. The van der Waals surface area contributed by atoms with Crippen molar-refractivity contribution in [1.29, 1.82) is 0 Å². The van der Waals surface area contributed by atoms with E-state index in [0.717, 1.165) is 37.0 Å². The van der Waals surface area contributed by atoms with Crippen molar-refractivity contribution in [3.8, 4) is 5.75 Å². The van der Waals surface area contributed by atoms with E-state index in [4.69, 9.17) is 16.3 Å². The van der Waals surface area contributed by atoms with Crippen LogP contribution in [0.1, 0.15) is 54.6 Å². The quantitative estimate of drug-likeness (QED) is 0.690. The van der Waals surface area contributed by atoms with Crippen LogP contribution in [0.2, 0.25) is 5.02 Å². The molecule has 6 nitrogen and oxygen atoms in total. The van der Waals surface area contributed by atoms with E-state index in [0.29, 0.717) is 18.7 Å². The molecule has 1 N–H and O–H groups in total. The van der Waals surface area contributed by atoms with Crippen LogP contribution in [0.15, 0.2) is 47.4 Å². The summed E-state index contributed by atoms with van der Waals surface area (Å²) >= 11 is 6.16. The minimum Gasteiger partial charge on any atom is -0.494 e. The molecule has 0 spiro atoms. The van der Waals surface area contributed by atoms with Crippen LogP contribution < -0.4 is 9.46 Å². The van der Waals surface area contributed by atoms with Gasteiger partial charge < -0.3 is 9.64 Å². The van der Waals surface area contributed by atoms with E-state index in [9.17, 15) is 13.2 Å². The molecule has 2 aliphatic rings. The Bertz CT molecular complexity index is 1040. The first kappa shape index (κ1) is 21.2. The van der Waals surface area contributed by atoms with Gasteiger partial charge in [-0.3, -0.25) is 4.79 Å². The van der Waals surface area contributed by atoms with Crippen molar-refractivity contribution >= 4 is 27.5 Å². The minimum absolute atomic E-state index is 0.0342. The average molecular weight is 449 g/mol. The normalized spacial score (nSPS) is 19.1. The van der Waals surface area contributed by atoms with Gasteiger partial charge >= 0.3 is 0 Å². The number of amides is 1. The number of likely N-dealkylation sites (tertiary alicyclic amines) is 1. The van der Waals surface area contributed by atoms with Gasteiger partial charge in [-0.2, -0.15) is 0 Å². The Balaban J connectivity index is 1.58. The summed E-state index contributed by atoms with van der Waals surface area (Å²) in [6.07, 6.45) is 3.41. The molecule has 1 heterocycles. The van der Waals surface area contributed by atoms with Crippen LogP contribution in [0.5, 0.6) is 5.75 Å². The number of nitrogens with zero attached hydrogens (tertiary/aromatic N) is 1. The number of hydrogen-bond acceptors (Lipinski definition) is 4. The predicted octanol–water partition coefficient (Wildman–Crippen LogP) is 4.16. The molecule has 4 rings (SSSR count). The lowest BCUT2D eigenvalue weighted by molar-refractivity contribution is 0.0735. The van der Waals surface area contributed by atoms with Gasteiger partial charge in [0, 0.05) is 18.2 Å². The first-order chi connectivity index (χ1) is 14.4. The molecule has 0 unspecified atom stereocenters. The highest BCUT2D eigenvalue weighted by Gasteiger charge is 2.33. The van der Waals surface area contributed by atoms with Gasteiger partial charge in [-0.15, -0.1) is 0 Å². The molecular weight excluding hydrogens is 424 g/mol. The molecule has 1 saturated heterocycles. The molecule has 30 heavy (non-hydrogen) atoms. The maximum absolute atomic E-state index is 13.3. The molecule has 0 radical (unpaired) electrons. The summed E-state index contributed by atoms with van der Waals surface area (Å²) in [6.45, 7) is 3.17. The second-order valence-corrected chi connectivity index (χ2v) is 9.79. The smallest absolute Gasteiger partial charge is 0.254 e. The molecule has 1 atom stereocenters. The molecule has 1 aliphatic heterocycles. The van der Waals surface area contributed by atoms with Crippen molar-refractivity contribution in [2.24, 2.45) is 0 Å². The van der Waals surface area contributed by atoms with Crippen molar-refractivity contribution in [3.05, 3.63) is 58.6 Å².